The van der Waals surface area contributed by atoms with Crippen LogP contribution in [0, 0.1) is 6.92 Å². The molecule has 2 aromatic rings. The highest BCUT2D eigenvalue weighted by Gasteiger charge is 2.31. The second-order valence-electron chi connectivity index (χ2n) is 3.92. The summed E-state index contributed by atoms with van der Waals surface area (Å²) in [6.07, 6.45) is -3.42. The molecule has 0 fully saturated rings. The molecule has 7 heteroatoms. The monoisotopic (exact) mass is 285 g/mol. The first-order chi connectivity index (χ1) is 9.35. The Morgan fingerprint density at radius 3 is 2.65 bits per heavy atom. The normalized spacial score (nSPS) is 11.2. The number of anilines is 1. The fraction of sp³-hybridized carbons (Fsp3) is 0.154. The van der Waals surface area contributed by atoms with Gasteiger partial charge in [0.15, 0.2) is 0 Å². The Kier molecular flexibility index (Phi) is 3.69. The number of aryl methyl sites for hydroxylation is 1. The smallest absolute Gasteiger partial charge is 0.469 e. The summed E-state index contributed by atoms with van der Waals surface area (Å²) in [6, 6.07) is 6.50. The van der Waals surface area contributed by atoms with Crippen LogP contribution in [0.5, 0.6) is 5.75 Å². The average molecular weight is 285 g/mol. The van der Waals surface area contributed by atoms with E-state index in [1.807, 2.05) is 0 Å². The molecule has 0 aliphatic heterocycles. The Balaban J connectivity index is 2.12. The molecule has 0 aliphatic carbocycles. The molecule has 0 atom stereocenters. The topological polar surface area (TPSA) is 51.5 Å². The number of carbonyl (C=O) groups is 1. The molecule has 0 aliphatic rings. The molecule has 0 radical (unpaired) electrons. The first-order valence-corrected chi connectivity index (χ1v) is 5.56. The van der Waals surface area contributed by atoms with Crippen molar-refractivity contribution in [2.24, 2.45) is 0 Å². The molecule has 1 aromatic carbocycles. The second kappa shape index (κ2) is 5.28. The Bertz CT molecular complexity index is 619. The number of ether oxygens (including phenoxy) is 1. The van der Waals surface area contributed by atoms with Gasteiger partial charge < -0.3 is 14.5 Å². The zero-order chi connectivity index (χ0) is 14.8. The summed E-state index contributed by atoms with van der Waals surface area (Å²) in [4.78, 5) is 11.9. The summed E-state index contributed by atoms with van der Waals surface area (Å²) in [5, 5.41) is 2.47. The van der Waals surface area contributed by atoms with E-state index in [1.54, 1.807) is 6.92 Å². The standard InChI is InChI=1S/C13H10F3NO3/c1-8-11(5-6-19-8)12(18)17-9-3-2-4-10(7-9)20-13(14,15)16/h2-7H,1H3,(H,17,18). The number of nitrogens with one attached hydrogen (secondary N) is 1. The van der Waals surface area contributed by atoms with Gasteiger partial charge in [0, 0.05) is 11.8 Å². The number of halogens is 3. The molecule has 4 nitrogen and oxygen atoms in total. The molecule has 0 bridgehead atoms. The van der Waals surface area contributed by atoms with Crippen molar-refractivity contribution in [3.63, 3.8) is 0 Å². The summed E-state index contributed by atoms with van der Waals surface area (Å²) in [6.45, 7) is 1.61. The van der Waals surface area contributed by atoms with Crippen molar-refractivity contribution in [3.05, 3.63) is 47.9 Å². The molecule has 0 saturated heterocycles. The van der Waals surface area contributed by atoms with Crippen molar-refractivity contribution in [3.8, 4) is 5.75 Å². The van der Waals surface area contributed by atoms with E-state index < -0.39 is 18.0 Å². The molecule has 20 heavy (non-hydrogen) atoms. The van der Waals surface area contributed by atoms with Gasteiger partial charge in [-0.2, -0.15) is 0 Å². The quantitative estimate of drug-likeness (QED) is 0.934. The third-order valence-electron chi connectivity index (χ3n) is 2.43. The maximum Gasteiger partial charge on any atom is 0.573 e. The molecule has 2 rings (SSSR count). The highest BCUT2D eigenvalue weighted by molar-refractivity contribution is 6.04. The first-order valence-electron chi connectivity index (χ1n) is 5.56. The highest BCUT2D eigenvalue weighted by atomic mass is 19.4. The van der Waals surface area contributed by atoms with E-state index >= 15 is 0 Å². The summed E-state index contributed by atoms with van der Waals surface area (Å²) in [5.74, 6) is -0.454. The predicted molar refractivity (Wildman–Crippen MR) is 64.5 cm³/mol. The fourth-order valence-electron chi connectivity index (χ4n) is 1.59. The van der Waals surface area contributed by atoms with Crippen molar-refractivity contribution >= 4 is 11.6 Å². The van der Waals surface area contributed by atoms with Crippen LogP contribution < -0.4 is 10.1 Å². The van der Waals surface area contributed by atoms with Crippen LogP contribution in [0.2, 0.25) is 0 Å². The predicted octanol–water partition coefficient (Wildman–Crippen LogP) is 3.74. The number of rotatable bonds is 3. The van der Waals surface area contributed by atoms with Gasteiger partial charge in [-0.3, -0.25) is 4.79 Å². The van der Waals surface area contributed by atoms with Gasteiger partial charge in [0.1, 0.15) is 11.5 Å². The molecule has 0 saturated carbocycles. The average Bonchev–Trinajstić information content (AvgIpc) is 2.73. The Morgan fingerprint density at radius 2 is 2.05 bits per heavy atom. The minimum Gasteiger partial charge on any atom is -0.469 e. The van der Waals surface area contributed by atoms with E-state index in [9.17, 15) is 18.0 Å². The number of carbonyl (C=O) groups excluding carboxylic acids is 1. The molecule has 0 spiro atoms. The van der Waals surface area contributed by atoms with Crippen LogP contribution in [0.3, 0.4) is 0 Å². The molecule has 1 heterocycles. The molecular formula is C13H10F3NO3. The van der Waals surface area contributed by atoms with Gasteiger partial charge in [0.2, 0.25) is 0 Å². The van der Waals surface area contributed by atoms with Crippen molar-refractivity contribution in [2.45, 2.75) is 13.3 Å². The summed E-state index contributed by atoms with van der Waals surface area (Å²) < 4.78 is 45.0. The van der Waals surface area contributed by atoms with E-state index in [0.29, 0.717) is 11.3 Å². The third kappa shape index (κ3) is 3.53. The third-order valence-corrected chi connectivity index (χ3v) is 2.43. The number of amides is 1. The van der Waals surface area contributed by atoms with Crippen molar-refractivity contribution in [1.82, 2.24) is 0 Å². The second-order valence-corrected chi connectivity index (χ2v) is 3.92. The number of alkyl halides is 3. The first kappa shape index (κ1) is 14.0. The lowest BCUT2D eigenvalue weighted by atomic mass is 10.2. The van der Waals surface area contributed by atoms with Gasteiger partial charge in [-0.1, -0.05) is 6.07 Å². The molecule has 106 valence electrons. The van der Waals surface area contributed by atoms with Crippen molar-refractivity contribution < 1.29 is 27.1 Å². The minimum absolute atomic E-state index is 0.192. The Hall–Kier alpha value is -2.44. The van der Waals surface area contributed by atoms with Gasteiger partial charge >= 0.3 is 6.36 Å². The minimum atomic E-state index is -4.77. The van der Waals surface area contributed by atoms with Gasteiger partial charge in [-0.15, -0.1) is 13.2 Å². The molecule has 1 aromatic heterocycles. The van der Waals surface area contributed by atoms with E-state index in [4.69, 9.17) is 4.42 Å². The number of benzene rings is 1. The number of hydrogen-bond acceptors (Lipinski definition) is 3. The largest absolute Gasteiger partial charge is 0.573 e. The van der Waals surface area contributed by atoms with E-state index in [1.165, 1.54) is 24.5 Å². The van der Waals surface area contributed by atoms with Gasteiger partial charge in [-0.25, -0.2) is 0 Å². The summed E-state index contributed by atoms with van der Waals surface area (Å²) >= 11 is 0. The van der Waals surface area contributed by atoms with Gasteiger partial charge in [0.25, 0.3) is 5.91 Å². The van der Waals surface area contributed by atoms with Crippen LogP contribution in [0.1, 0.15) is 16.1 Å². The Labute approximate surface area is 112 Å². The van der Waals surface area contributed by atoms with Crippen molar-refractivity contribution in [1.29, 1.82) is 0 Å². The maximum absolute atomic E-state index is 12.1. The Morgan fingerprint density at radius 1 is 1.30 bits per heavy atom. The van der Waals surface area contributed by atoms with Crippen molar-refractivity contribution in [2.75, 3.05) is 5.32 Å². The molecule has 1 N–H and O–H groups in total. The van der Waals surface area contributed by atoms with E-state index in [2.05, 4.69) is 10.1 Å². The van der Waals surface area contributed by atoms with Crippen LogP contribution in [-0.4, -0.2) is 12.3 Å². The zero-order valence-corrected chi connectivity index (χ0v) is 10.3. The highest BCUT2D eigenvalue weighted by Crippen LogP contribution is 2.25. The fourth-order valence-corrected chi connectivity index (χ4v) is 1.59. The molecule has 1 amide bonds. The van der Waals surface area contributed by atoms with E-state index in [-0.39, 0.29) is 5.69 Å². The maximum atomic E-state index is 12.1. The van der Waals surface area contributed by atoms with Gasteiger partial charge in [0.05, 0.1) is 11.8 Å². The van der Waals surface area contributed by atoms with Crippen LogP contribution >= 0.6 is 0 Å². The SMILES string of the molecule is Cc1occc1C(=O)Nc1cccc(OC(F)(F)F)c1. The molecular weight excluding hydrogens is 275 g/mol. The summed E-state index contributed by atoms with van der Waals surface area (Å²) in [5.41, 5.74) is 0.504. The molecule has 0 unspecified atom stereocenters. The van der Waals surface area contributed by atoms with Gasteiger partial charge in [-0.05, 0) is 25.1 Å². The number of hydrogen-bond donors (Lipinski definition) is 1. The zero-order valence-electron chi connectivity index (χ0n) is 10.3. The lowest BCUT2D eigenvalue weighted by Gasteiger charge is -2.10. The van der Waals surface area contributed by atoms with Crippen LogP contribution in [0.4, 0.5) is 18.9 Å². The lowest BCUT2D eigenvalue weighted by molar-refractivity contribution is -0.274. The summed E-state index contributed by atoms with van der Waals surface area (Å²) in [7, 11) is 0. The van der Waals surface area contributed by atoms with E-state index in [0.717, 1.165) is 12.1 Å². The number of furan rings is 1. The van der Waals surface area contributed by atoms with Crippen LogP contribution in [0.15, 0.2) is 41.0 Å². The lowest BCUT2D eigenvalue weighted by Crippen LogP contribution is -2.17. The van der Waals surface area contributed by atoms with Crippen LogP contribution in [0.25, 0.3) is 0 Å². The van der Waals surface area contributed by atoms with Crippen LogP contribution in [-0.2, 0) is 0 Å².